The van der Waals surface area contributed by atoms with E-state index in [2.05, 4.69) is 5.32 Å². The Labute approximate surface area is 124 Å². The zero-order chi connectivity index (χ0) is 15.8. The summed E-state index contributed by atoms with van der Waals surface area (Å²) in [5.41, 5.74) is 7.27. The molecule has 0 bridgehead atoms. The molecule has 0 saturated carbocycles. The van der Waals surface area contributed by atoms with Crippen LogP contribution in [0, 0.1) is 6.92 Å². The lowest BCUT2D eigenvalue weighted by atomic mass is 10.1. The maximum atomic E-state index is 11.9. The van der Waals surface area contributed by atoms with Gasteiger partial charge in [-0.2, -0.15) is 0 Å². The number of hydrogen-bond donors (Lipinski definition) is 3. The molecular weight excluding hydrogens is 292 g/mol. The van der Waals surface area contributed by atoms with E-state index >= 15 is 0 Å². The number of nitrogen functional groups attached to an aromatic ring is 1. The van der Waals surface area contributed by atoms with Crippen molar-refractivity contribution in [2.24, 2.45) is 5.14 Å². The highest BCUT2D eigenvalue weighted by molar-refractivity contribution is 7.89. The minimum Gasteiger partial charge on any atom is -0.399 e. The van der Waals surface area contributed by atoms with Crippen LogP contribution in [0.4, 0.5) is 11.4 Å². The predicted octanol–water partition coefficient (Wildman–Crippen LogP) is -0.0606. The third-order valence-electron chi connectivity index (χ3n) is 3.77. The molecular formula is C13H20N4O3S. The fourth-order valence-electron chi connectivity index (χ4n) is 2.78. The summed E-state index contributed by atoms with van der Waals surface area (Å²) in [6.07, 6.45) is 1.58. The van der Waals surface area contributed by atoms with Crippen LogP contribution < -0.4 is 21.1 Å². The number of carbonyl (C=O) groups excluding carboxylic acids is 1. The van der Waals surface area contributed by atoms with E-state index in [4.69, 9.17) is 10.9 Å². The molecule has 8 heteroatoms. The summed E-state index contributed by atoms with van der Waals surface area (Å²) in [4.78, 5) is 13.8. The van der Waals surface area contributed by atoms with Gasteiger partial charge >= 0.3 is 0 Å². The monoisotopic (exact) mass is 312 g/mol. The van der Waals surface area contributed by atoms with Gasteiger partial charge in [0.1, 0.15) is 6.04 Å². The lowest BCUT2D eigenvalue weighted by Gasteiger charge is -2.28. The molecule has 1 heterocycles. The van der Waals surface area contributed by atoms with Crippen molar-refractivity contribution in [1.29, 1.82) is 0 Å². The normalized spacial score (nSPS) is 18.8. The number of rotatable bonds is 3. The zero-order valence-electron chi connectivity index (χ0n) is 12.1. The fraction of sp³-hybridized carbons (Fsp3) is 0.462. The van der Waals surface area contributed by atoms with Gasteiger partial charge in [0, 0.05) is 25.0 Å². The summed E-state index contributed by atoms with van der Waals surface area (Å²) in [7, 11) is -2.27. The Morgan fingerprint density at radius 1 is 1.43 bits per heavy atom. The van der Waals surface area contributed by atoms with Crippen molar-refractivity contribution in [3.8, 4) is 0 Å². The van der Waals surface area contributed by atoms with Crippen LogP contribution in [0.2, 0.25) is 0 Å². The van der Waals surface area contributed by atoms with E-state index in [-0.39, 0.29) is 16.8 Å². The second-order valence-electron chi connectivity index (χ2n) is 5.17. The van der Waals surface area contributed by atoms with Crippen molar-refractivity contribution in [3.63, 3.8) is 0 Å². The van der Waals surface area contributed by atoms with E-state index in [1.807, 2.05) is 4.90 Å². The van der Waals surface area contributed by atoms with Gasteiger partial charge in [-0.25, -0.2) is 13.6 Å². The van der Waals surface area contributed by atoms with Crippen LogP contribution in [0.5, 0.6) is 0 Å². The van der Waals surface area contributed by atoms with Crippen LogP contribution in [0.3, 0.4) is 0 Å². The maximum Gasteiger partial charge on any atom is 0.242 e. The van der Waals surface area contributed by atoms with Crippen molar-refractivity contribution in [2.75, 3.05) is 24.2 Å². The summed E-state index contributed by atoms with van der Waals surface area (Å²) in [5, 5.41) is 7.86. The number of likely N-dealkylation sites (N-methyl/N-ethyl adjacent to an activating group) is 1. The van der Waals surface area contributed by atoms with E-state index in [0.717, 1.165) is 12.8 Å². The average molecular weight is 312 g/mol. The first-order chi connectivity index (χ1) is 9.75. The predicted molar refractivity (Wildman–Crippen MR) is 81.4 cm³/mol. The Bertz CT molecular complexity index is 672. The molecule has 1 atom stereocenters. The number of nitrogens with two attached hydrogens (primary N) is 2. The summed E-state index contributed by atoms with van der Waals surface area (Å²) in [6, 6.07) is 2.72. The Kier molecular flexibility index (Phi) is 4.11. The maximum absolute atomic E-state index is 11.9. The lowest BCUT2D eigenvalue weighted by molar-refractivity contribution is -0.121. The number of hydrogen-bond acceptors (Lipinski definition) is 5. The van der Waals surface area contributed by atoms with Crippen molar-refractivity contribution >= 4 is 27.3 Å². The highest BCUT2D eigenvalue weighted by atomic mass is 32.2. The van der Waals surface area contributed by atoms with Crippen molar-refractivity contribution < 1.29 is 13.2 Å². The molecule has 1 aliphatic heterocycles. The first-order valence-electron chi connectivity index (χ1n) is 6.67. The van der Waals surface area contributed by atoms with E-state index in [1.54, 1.807) is 20.0 Å². The van der Waals surface area contributed by atoms with Crippen LogP contribution in [0.1, 0.15) is 18.4 Å². The summed E-state index contributed by atoms with van der Waals surface area (Å²) in [6.45, 7) is 2.35. The van der Waals surface area contributed by atoms with Gasteiger partial charge in [-0.1, -0.05) is 0 Å². The molecule has 116 valence electrons. The van der Waals surface area contributed by atoms with Crippen LogP contribution in [-0.4, -0.2) is 34.0 Å². The molecule has 7 nitrogen and oxygen atoms in total. The topological polar surface area (TPSA) is 119 Å². The second-order valence-corrected chi connectivity index (χ2v) is 6.70. The van der Waals surface area contributed by atoms with Crippen LogP contribution >= 0.6 is 0 Å². The van der Waals surface area contributed by atoms with Crippen molar-refractivity contribution in [2.45, 2.75) is 30.7 Å². The Balaban J connectivity index is 2.54. The Morgan fingerprint density at radius 3 is 2.67 bits per heavy atom. The fourth-order valence-corrected chi connectivity index (χ4v) is 3.61. The lowest BCUT2D eigenvalue weighted by Crippen LogP contribution is -2.42. The van der Waals surface area contributed by atoms with Gasteiger partial charge in [-0.15, -0.1) is 0 Å². The third-order valence-corrected chi connectivity index (χ3v) is 4.81. The zero-order valence-corrected chi connectivity index (χ0v) is 12.9. The van der Waals surface area contributed by atoms with Gasteiger partial charge in [-0.3, -0.25) is 4.79 Å². The van der Waals surface area contributed by atoms with E-state index in [9.17, 15) is 13.2 Å². The number of amides is 1. The number of sulfonamides is 1. The van der Waals surface area contributed by atoms with Gasteiger partial charge in [0.05, 0.1) is 4.90 Å². The third kappa shape index (κ3) is 2.96. The molecule has 1 aliphatic rings. The quantitative estimate of drug-likeness (QED) is 0.676. The van der Waals surface area contributed by atoms with Crippen LogP contribution in [0.25, 0.3) is 0 Å². The molecule has 1 aromatic rings. The molecule has 1 fully saturated rings. The number of primary sulfonamides is 1. The molecule has 21 heavy (non-hydrogen) atoms. The molecule has 1 amide bonds. The average Bonchev–Trinajstić information content (AvgIpc) is 2.88. The summed E-state index contributed by atoms with van der Waals surface area (Å²) in [5.74, 6) is -0.0912. The number of carbonyl (C=O) groups is 1. The SMILES string of the molecule is CNC(=O)C1CCCN1c1cc(N)cc(S(N)(=O)=O)c1C. The minimum atomic E-state index is -3.86. The van der Waals surface area contributed by atoms with Gasteiger partial charge in [0.25, 0.3) is 0 Å². The summed E-state index contributed by atoms with van der Waals surface area (Å²) < 4.78 is 23.3. The first kappa shape index (κ1) is 15.6. The molecule has 1 aromatic carbocycles. The second kappa shape index (κ2) is 5.53. The number of benzene rings is 1. The van der Waals surface area contributed by atoms with Gasteiger partial charge in [-0.05, 0) is 37.5 Å². The summed E-state index contributed by atoms with van der Waals surface area (Å²) >= 11 is 0. The van der Waals surface area contributed by atoms with E-state index in [0.29, 0.717) is 23.5 Å². The highest BCUT2D eigenvalue weighted by Crippen LogP contribution is 2.33. The molecule has 1 saturated heterocycles. The Morgan fingerprint density at radius 2 is 2.10 bits per heavy atom. The van der Waals surface area contributed by atoms with Crippen LogP contribution in [-0.2, 0) is 14.8 Å². The Hall–Kier alpha value is -1.80. The number of anilines is 2. The van der Waals surface area contributed by atoms with Gasteiger partial charge in [0.2, 0.25) is 15.9 Å². The molecule has 0 aliphatic carbocycles. The van der Waals surface area contributed by atoms with E-state index < -0.39 is 10.0 Å². The standard InChI is InChI=1S/C13H20N4O3S/c1-8-11(6-9(14)7-12(8)21(15,19)20)17-5-3-4-10(17)13(18)16-2/h6-7,10H,3-5,14H2,1-2H3,(H,16,18)(H2,15,19,20). The largest absolute Gasteiger partial charge is 0.399 e. The van der Waals surface area contributed by atoms with Gasteiger partial charge in [0.15, 0.2) is 0 Å². The van der Waals surface area contributed by atoms with Crippen LogP contribution in [0.15, 0.2) is 17.0 Å². The van der Waals surface area contributed by atoms with Gasteiger partial charge < -0.3 is 16.0 Å². The number of nitrogens with zero attached hydrogens (tertiary/aromatic N) is 1. The molecule has 0 aromatic heterocycles. The molecule has 2 rings (SSSR count). The molecule has 5 N–H and O–H groups in total. The van der Waals surface area contributed by atoms with Crippen molar-refractivity contribution in [3.05, 3.63) is 17.7 Å². The molecule has 0 spiro atoms. The first-order valence-corrected chi connectivity index (χ1v) is 8.21. The smallest absolute Gasteiger partial charge is 0.242 e. The minimum absolute atomic E-state index is 0.0000524. The van der Waals surface area contributed by atoms with Crippen molar-refractivity contribution in [1.82, 2.24) is 5.32 Å². The number of nitrogens with one attached hydrogen (secondary N) is 1. The van der Waals surface area contributed by atoms with E-state index in [1.165, 1.54) is 6.07 Å². The highest BCUT2D eigenvalue weighted by Gasteiger charge is 2.32. The molecule has 1 unspecified atom stereocenters. The molecule has 0 radical (unpaired) electrons.